The van der Waals surface area contributed by atoms with E-state index in [0.29, 0.717) is 10.7 Å². The van der Waals surface area contributed by atoms with Gasteiger partial charge in [0.25, 0.3) is 5.91 Å². The summed E-state index contributed by atoms with van der Waals surface area (Å²) in [6, 6.07) is 7.56. The Labute approximate surface area is 104 Å². The predicted molar refractivity (Wildman–Crippen MR) is 67.4 cm³/mol. The van der Waals surface area contributed by atoms with E-state index in [2.05, 4.69) is 10.4 Å². The Morgan fingerprint density at radius 3 is 2.71 bits per heavy atom. The molecule has 1 aromatic carbocycles. The van der Waals surface area contributed by atoms with Gasteiger partial charge >= 0.3 is 0 Å². The van der Waals surface area contributed by atoms with Gasteiger partial charge in [-0.15, -0.1) is 0 Å². The normalized spacial score (nSPS) is 10.3. The molecule has 0 saturated heterocycles. The highest BCUT2D eigenvalue weighted by Crippen LogP contribution is 2.18. The summed E-state index contributed by atoms with van der Waals surface area (Å²) in [6.45, 7) is 1.93. The monoisotopic (exact) mass is 249 g/mol. The van der Waals surface area contributed by atoms with E-state index in [1.165, 1.54) is 10.9 Å². The first-order valence-electron chi connectivity index (χ1n) is 5.14. The van der Waals surface area contributed by atoms with Crippen LogP contribution in [0.5, 0.6) is 0 Å². The third-order valence-electron chi connectivity index (χ3n) is 2.50. The Hall–Kier alpha value is -1.81. The molecule has 17 heavy (non-hydrogen) atoms. The number of aryl methyl sites for hydroxylation is 2. The fourth-order valence-corrected chi connectivity index (χ4v) is 1.81. The van der Waals surface area contributed by atoms with Gasteiger partial charge in [0, 0.05) is 12.7 Å². The number of carbonyl (C=O) groups is 1. The summed E-state index contributed by atoms with van der Waals surface area (Å²) in [5.41, 5.74) is 2.13. The van der Waals surface area contributed by atoms with E-state index in [1.807, 2.05) is 31.2 Å². The van der Waals surface area contributed by atoms with Gasteiger partial charge in [-0.05, 0) is 18.6 Å². The van der Waals surface area contributed by atoms with Crippen LogP contribution in [0.4, 0.5) is 5.69 Å². The van der Waals surface area contributed by atoms with Crippen molar-refractivity contribution >= 4 is 23.2 Å². The third-order valence-corrected chi connectivity index (χ3v) is 2.78. The fraction of sp³-hybridized carbons (Fsp3) is 0.167. The van der Waals surface area contributed by atoms with Crippen molar-refractivity contribution in [2.45, 2.75) is 6.92 Å². The number of amides is 1. The van der Waals surface area contributed by atoms with Crippen molar-refractivity contribution in [3.05, 3.63) is 46.7 Å². The summed E-state index contributed by atoms with van der Waals surface area (Å²) < 4.78 is 1.45. The highest BCUT2D eigenvalue weighted by Gasteiger charge is 2.15. The van der Waals surface area contributed by atoms with Gasteiger partial charge in [-0.3, -0.25) is 9.48 Å². The topological polar surface area (TPSA) is 46.9 Å². The molecule has 88 valence electrons. The standard InChI is InChI=1S/C12H12ClN3O/c1-8-5-3-4-6-10(8)15-12(17)11-9(13)7-14-16(11)2/h3-7H,1-2H3,(H,15,17). The Balaban J connectivity index is 2.27. The zero-order chi connectivity index (χ0) is 12.4. The number of aromatic nitrogens is 2. The van der Waals surface area contributed by atoms with Crippen molar-refractivity contribution in [3.8, 4) is 0 Å². The van der Waals surface area contributed by atoms with Gasteiger partial charge in [0.05, 0.1) is 11.2 Å². The predicted octanol–water partition coefficient (Wildman–Crippen LogP) is 2.63. The zero-order valence-electron chi connectivity index (χ0n) is 9.57. The van der Waals surface area contributed by atoms with Crippen molar-refractivity contribution in [2.24, 2.45) is 7.05 Å². The quantitative estimate of drug-likeness (QED) is 0.889. The molecule has 5 heteroatoms. The van der Waals surface area contributed by atoms with Crippen LogP contribution in [-0.2, 0) is 7.05 Å². The number of anilines is 1. The molecular weight excluding hydrogens is 238 g/mol. The van der Waals surface area contributed by atoms with Crippen LogP contribution in [0.2, 0.25) is 5.02 Å². The van der Waals surface area contributed by atoms with E-state index >= 15 is 0 Å². The van der Waals surface area contributed by atoms with Crippen LogP contribution in [0.15, 0.2) is 30.5 Å². The second-order valence-electron chi connectivity index (χ2n) is 3.73. The molecule has 1 heterocycles. The minimum atomic E-state index is -0.260. The molecule has 0 radical (unpaired) electrons. The number of hydrogen-bond acceptors (Lipinski definition) is 2. The molecule has 0 aliphatic carbocycles. The lowest BCUT2D eigenvalue weighted by Crippen LogP contribution is -2.17. The van der Waals surface area contributed by atoms with E-state index in [9.17, 15) is 4.79 Å². The highest BCUT2D eigenvalue weighted by molar-refractivity contribution is 6.34. The average molecular weight is 250 g/mol. The van der Waals surface area contributed by atoms with Gasteiger partial charge in [0.15, 0.2) is 0 Å². The van der Waals surface area contributed by atoms with Crippen LogP contribution in [0, 0.1) is 6.92 Å². The van der Waals surface area contributed by atoms with Crippen LogP contribution >= 0.6 is 11.6 Å². The largest absolute Gasteiger partial charge is 0.320 e. The summed E-state index contributed by atoms with van der Waals surface area (Å²) in [5, 5.41) is 7.08. The Bertz CT molecular complexity index is 543. The number of halogens is 1. The summed E-state index contributed by atoms with van der Waals surface area (Å²) in [4.78, 5) is 12.0. The van der Waals surface area contributed by atoms with Crippen LogP contribution in [-0.4, -0.2) is 15.7 Å². The number of para-hydroxylation sites is 1. The highest BCUT2D eigenvalue weighted by atomic mass is 35.5. The van der Waals surface area contributed by atoms with Gasteiger partial charge in [-0.2, -0.15) is 5.10 Å². The van der Waals surface area contributed by atoms with Crippen LogP contribution in [0.25, 0.3) is 0 Å². The average Bonchev–Trinajstić information content (AvgIpc) is 2.62. The summed E-state index contributed by atoms with van der Waals surface area (Å²) >= 11 is 5.90. The summed E-state index contributed by atoms with van der Waals surface area (Å²) in [7, 11) is 1.68. The number of carbonyl (C=O) groups excluding carboxylic acids is 1. The van der Waals surface area contributed by atoms with Crippen molar-refractivity contribution in [1.82, 2.24) is 9.78 Å². The lowest BCUT2D eigenvalue weighted by atomic mass is 10.2. The van der Waals surface area contributed by atoms with Crippen molar-refractivity contribution < 1.29 is 4.79 Å². The van der Waals surface area contributed by atoms with Gasteiger partial charge in [0.1, 0.15) is 5.69 Å². The van der Waals surface area contributed by atoms with E-state index in [-0.39, 0.29) is 5.91 Å². The van der Waals surface area contributed by atoms with Crippen molar-refractivity contribution in [1.29, 1.82) is 0 Å². The minimum Gasteiger partial charge on any atom is -0.320 e. The first-order valence-corrected chi connectivity index (χ1v) is 5.52. The number of nitrogens with zero attached hydrogens (tertiary/aromatic N) is 2. The number of benzene rings is 1. The van der Waals surface area contributed by atoms with Crippen molar-refractivity contribution in [3.63, 3.8) is 0 Å². The summed E-state index contributed by atoms with van der Waals surface area (Å²) in [6.07, 6.45) is 1.45. The van der Waals surface area contributed by atoms with E-state index in [0.717, 1.165) is 11.3 Å². The molecular formula is C12H12ClN3O. The van der Waals surface area contributed by atoms with Crippen molar-refractivity contribution in [2.75, 3.05) is 5.32 Å². The molecule has 1 aromatic heterocycles. The molecule has 0 saturated carbocycles. The van der Waals surface area contributed by atoms with Crippen LogP contribution in [0.1, 0.15) is 16.1 Å². The maximum atomic E-state index is 12.0. The fourth-order valence-electron chi connectivity index (χ4n) is 1.56. The Morgan fingerprint density at radius 1 is 1.41 bits per heavy atom. The number of nitrogens with one attached hydrogen (secondary N) is 1. The molecule has 2 aromatic rings. The molecule has 1 amide bonds. The smallest absolute Gasteiger partial charge is 0.275 e. The lowest BCUT2D eigenvalue weighted by Gasteiger charge is -2.08. The lowest BCUT2D eigenvalue weighted by molar-refractivity contribution is 0.101. The van der Waals surface area contributed by atoms with Gasteiger partial charge < -0.3 is 5.32 Å². The van der Waals surface area contributed by atoms with Gasteiger partial charge in [-0.25, -0.2) is 0 Å². The SMILES string of the molecule is Cc1ccccc1NC(=O)c1c(Cl)cnn1C. The molecule has 0 spiro atoms. The van der Waals surface area contributed by atoms with E-state index in [4.69, 9.17) is 11.6 Å². The second kappa shape index (κ2) is 4.59. The van der Waals surface area contributed by atoms with Gasteiger partial charge in [0.2, 0.25) is 0 Å². The van der Waals surface area contributed by atoms with E-state index in [1.54, 1.807) is 7.05 Å². The molecule has 0 unspecified atom stereocenters. The van der Waals surface area contributed by atoms with Crippen LogP contribution < -0.4 is 5.32 Å². The first-order chi connectivity index (χ1) is 8.09. The second-order valence-corrected chi connectivity index (χ2v) is 4.14. The Kier molecular flexibility index (Phi) is 3.15. The number of hydrogen-bond donors (Lipinski definition) is 1. The third kappa shape index (κ3) is 2.31. The molecule has 1 N–H and O–H groups in total. The number of rotatable bonds is 2. The molecule has 0 fully saturated rings. The minimum absolute atomic E-state index is 0.260. The Morgan fingerprint density at radius 2 is 2.12 bits per heavy atom. The first kappa shape index (κ1) is 11.7. The maximum Gasteiger partial charge on any atom is 0.275 e. The molecule has 4 nitrogen and oxygen atoms in total. The molecule has 0 bridgehead atoms. The molecule has 0 aliphatic rings. The zero-order valence-corrected chi connectivity index (χ0v) is 10.3. The molecule has 2 rings (SSSR count). The maximum absolute atomic E-state index is 12.0. The van der Waals surface area contributed by atoms with Crippen LogP contribution in [0.3, 0.4) is 0 Å². The molecule has 0 aliphatic heterocycles. The summed E-state index contributed by atoms with van der Waals surface area (Å²) in [5.74, 6) is -0.260. The molecule has 0 atom stereocenters. The van der Waals surface area contributed by atoms with E-state index < -0.39 is 0 Å². The van der Waals surface area contributed by atoms with Gasteiger partial charge in [-0.1, -0.05) is 29.8 Å².